The molecule has 0 radical (unpaired) electrons. The number of aromatic hydroxyl groups is 1. The first-order valence-corrected chi connectivity index (χ1v) is 14.8. The molecule has 2 aliphatic rings. The number of halogens is 1. The summed E-state index contributed by atoms with van der Waals surface area (Å²) in [6.45, 7) is 7.75. The van der Waals surface area contributed by atoms with Crippen molar-refractivity contribution >= 4 is 24.3 Å². The van der Waals surface area contributed by atoms with Crippen molar-refractivity contribution < 1.29 is 19.4 Å². The lowest BCUT2D eigenvalue weighted by molar-refractivity contribution is -0.144. The Morgan fingerprint density at radius 3 is 2.55 bits per heavy atom. The summed E-state index contributed by atoms with van der Waals surface area (Å²) in [5.41, 5.74) is 2.14. The third-order valence-electron chi connectivity index (χ3n) is 9.14. The summed E-state index contributed by atoms with van der Waals surface area (Å²) < 4.78 is 5.37. The van der Waals surface area contributed by atoms with Crippen LogP contribution in [-0.4, -0.2) is 48.1 Å². The Kier molecular flexibility index (Phi) is 12.3. The average Bonchev–Trinajstić information content (AvgIpc) is 2.94. The fourth-order valence-corrected chi connectivity index (χ4v) is 6.42. The maximum Gasteiger partial charge on any atom is 0.307 e. The Morgan fingerprint density at radius 1 is 1.10 bits per heavy atom. The van der Waals surface area contributed by atoms with E-state index in [4.69, 9.17) is 4.74 Å². The highest BCUT2D eigenvalue weighted by Gasteiger charge is 2.39. The minimum Gasteiger partial charge on any atom is -0.508 e. The van der Waals surface area contributed by atoms with Crippen molar-refractivity contribution in [1.82, 2.24) is 10.2 Å². The number of benzene rings is 2. The van der Waals surface area contributed by atoms with Crippen molar-refractivity contribution in [3.63, 3.8) is 0 Å². The lowest BCUT2D eigenvalue weighted by Crippen LogP contribution is -2.50. The molecule has 2 N–H and O–H groups in total. The summed E-state index contributed by atoms with van der Waals surface area (Å²) in [7, 11) is 0. The molecule has 4 rings (SSSR count). The van der Waals surface area contributed by atoms with Crippen LogP contribution >= 0.6 is 12.4 Å². The number of carbonyl (C=O) groups excluding carboxylic acids is 2. The smallest absolute Gasteiger partial charge is 0.307 e. The van der Waals surface area contributed by atoms with Gasteiger partial charge in [-0.1, -0.05) is 88.4 Å². The maximum absolute atomic E-state index is 13.4. The van der Waals surface area contributed by atoms with Crippen LogP contribution in [0.4, 0.5) is 0 Å². The van der Waals surface area contributed by atoms with Gasteiger partial charge in [0.1, 0.15) is 12.4 Å². The lowest BCUT2D eigenvalue weighted by Gasteiger charge is -2.46. The van der Waals surface area contributed by atoms with Gasteiger partial charge in [-0.3, -0.25) is 9.59 Å². The Balaban J connectivity index is 0.00000441. The molecule has 1 amide bonds. The number of nitrogens with one attached hydrogen (secondary N) is 1. The number of rotatable bonds is 11. The van der Waals surface area contributed by atoms with Gasteiger partial charge in [0.15, 0.2) is 0 Å². The quantitative estimate of drug-likeness (QED) is 0.312. The standard InChI is InChI=1S/C33H46N2O4.ClH/c1-25-22-35(19-17-33(25,2)29-14-9-15-30(36)21-29)23-28(20-26-10-5-3-6-11-26)32(38)34-18-16-31(37)39-24-27-12-7-4-8-13-27;/h4,7-9,12-15,21,25-26,28,36H,3,5-6,10-11,16-20,22-24H2,1-2H3,(H,34,38);1H. The second-order valence-electron chi connectivity index (χ2n) is 12.0. The van der Waals surface area contributed by atoms with Crippen LogP contribution in [0.2, 0.25) is 0 Å². The number of esters is 1. The van der Waals surface area contributed by atoms with Gasteiger partial charge in [-0.05, 0) is 59.9 Å². The van der Waals surface area contributed by atoms with Crippen LogP contribution in [0.15, 0.2) is 54.6 Å². The zero-order chi connectivity index (χ0) is 27.7. The predicted octanol–water partition coefficient (Wildman–Crippen LogP) is 6.25. The van der Waals surface area contributed by atoms with Crippen LogP contribution in [0.3, 0.4) is 0 Å². The van der Waals surface area contributed by atoms with E-state index >= 15 is 0 Å². The fraction of sp³-hybridized carbons (Fsp3) is 0.576. The van der Waals surface area contributed by atoms with Crippen molar-refractivity contribution in [3.05, 3.63) is 65.7 Å². The molecule has 2 aromatic carbocycles. The number of carbonyl (C=O) groups is 2. The highest BCUT2D eigenvalue weighted by atomic mass is 35.5. The zero-order valence-corrected chi connectivity index (χ0v) is 25.0. The van der Waals surface area contributed by atoms with Gasteiger partial charge in [-0.15, -0.1) is 12.4 Å². The van der Waals surface area contributed by atoms with E-state index in [0.29, 0.717) is 24.1 Å². The van der Waals surface area contributed by atoms with Gasteiger partial charge in [0.25, 0.3) is 0 Å². The first-order valence-electron chi connectivity index (χ1n) is 14.8. The summed E-state index contributed by atoms with van der Waals surface area (Å²) in [6, 6.07) is 17.3. The Hall–Kier alpha value is -2.57. The number of hydrogen-bond acceptors (Lipinski definition) is 5. The third kappa shape index (κ3) is 8.97. The van der Waals surface area contributed by atoms with Gasteiger partial charge < -0.3 is 20.1 Å². The van der Waals surface area contributed by atoms with Crippen molar-refractivity contribution in [2.45, 2.75) is 77.2 Å². The van der Waals surface area contributed by atoms with Gasteiger partial charge in [0.2, 0.25) is 5.91 Å². The van der Waals surface area contributed by atoms with E-state index in [2.05, 4.69) is 30.1 Å². The second kappa shape index (κ2) is 15.4. The molecule has 1 saturated carbocycles. The van der Waals surface area contributed by atoms with Crippen LogP contribution in [0.25, 0.3) is 0 Å². The topological polar surface area (TPSA) is 78.9 Å². The average molecular weight is 571 g/mol. The third-order valence-corrected chi connectivity index (χ3v) is 9.14. The van der Waals surface area contributed by atoms with Crippen molar-refractivity contribution in [3.8, 4) is 5.75 Å². The predicted molar refractivity (Wildman–Crippen MR) is 161 cm³/mol. The fourth-order valence-electron chi connectivity index (χ4n) is 6.42. The summed E-state index contributed by atoms with van der Waals surface area (Å²) >= 11 is 0. The number of amides is 1. The molecule has 40 heavy (non-hydrogen) atoms. The minimum atomic E-state index is -0.293. The molecule has 3 unspecified atom stereocenters. The van der Waals surface area contributed by atoms with E-state index in [1.807, 2.05) is 42.5 Å². The van der Waals surface area contributed by atoms with E-state index in [0.717, 1.165) is 38.0 Å². The van der Waals surface area contributed by atoms with Gasteiger partial charge in [-0.2, -0.15) is 0 Å². The molecule has 220 valence electrons. The number of phenolic OH excluding ortho intramolecular Hbond substituents is 1. The first kappa shape index (κ1) is 32.0. The molecule has 2 fully saturated rings. The molecule has 7 heteroatoms. The van der Waals surface area contributed by atoms with Crippen molar-refractivity contribution in [2.75, 3.05) is 26.2 Å². The molecule has 2 aromatic rings. The summed E-state index contributed by atoms with van der Waals surface area (Å²) in [5.74, 6) is 1.00. The van der Waals surface area contributed by atoms with Gasteiger partial charge in [0, 0.05) is 19.6 Å². The van der Waals surface area contributed by atoms with Crippen molar-refractivity contribution in [1.29, 1.82) is 0 Å². The maximum atomic E-state index is 13.4. The molecule has 0 bridgehead atoms. The SMILES string of the molecule is CC1CN(CC(CC2CCCCC2)C(=O)NCCC(=O)OCc2ccccc2)CCC1(C)c1cccc(O)c1.Cl. The highest BCUT2D eigenvalue weighted by molar-refractivity contribution is 5.85. The Bertz CT molecular complexity index is 1080. The molecule has 0 aromatic heterocycles. The molecule has 0 spiro atoms. The zero-order valence-electron chi connectivity index (χ0n) is 24.1. The number of hydrogen-bond donors (Lipinski definition) is 2. The normalized spacial score (nSPS) is 22.6. The number of ether oxygens (including phenoxy) is 1. The lowest BCUT2D eigenvalue weighted by atomic mass is 9.68. The van der Waals surface area contributed by atoms with Gasteiger partial charge >= 0.3 is 5.97 Å². The van der Waals surface area contributed by atoms with Crippen LogP contribution < -0.4 is 5.32 Å². The molecular weight excluding hydrogens is 524 g/mol. The summed E-state index contributed by atoms with van der Waals surface area (Å²) in [5, 5.41) is 13.1. The largest absolute Gasteiger partial charge is 0.508 e. The molecule has 1 aliphatic carbocycles. The van der Waals surface area contributed by atoms with Crippen LogP contribution in [0, 0.1) is 17.8 Å². The number of piperidine rings is 1. The van der Waals surface area contributed by atoms with Crippen LogP contribution in [-0.2, 0) is 26.3 Å². The Labute approximate surface area is 246 Å². The van der Waals surface area contributed by atoms with Crippen LogP contribution in [0.5, 0.6) is 5.75 Å². The van der Waals surface area contributed by atoms with E-state index in [1.54, 1.807) is 6.07 Å². The van der Waals surface area contributed by atoms with E-state index < -0.39 is 0 Å². The second-order valence-corrected chi connectivity index (χ2v) is 12.0. The molecular formula is C33H47ClN2O4. The number of phenols is 1. The molecule has 1 heterocycles. The van der Waals surface area contributed by atoms with E-state index in [1.165, 1.54) is 37.7 Å². The molecule has 6 nitrogen and oxygen atoms in total. The van der Waals surface area contributed by atoms with Crippen LogP contribution in [0.1, 0.15) is 76.3 Å². The number of nitrogens with zero attached hydrogens (tertiary/aromatic N) is 1. The first-order chi connectivity index (χ1) is 18.8. The van der Waals surface area contributed by atoms with Gasteiger partial charge in [0.05, 0.1) is 12.3 Å². The minimum absolute atomic E-state index is 0. The van der Waals surface area contributed by atoms with E-state index in [-0.39, 0.29) is 48.6 Å². The Morgan fingerprint density at radius 2 is 1.85 bits per heavy atom. The molecule has 3 atom stereocenters. The molecule has 1 saturated heterocycles. The highest BCUT2D eigenvalue weighted by Crippen LogP contribution is 2.40. The number of likely N-dealkylation sites (tertiary alicyclic amines) is 1. The monoisotopic (exact) mass is 570 g/mol. The van der Waals surface area contributed by atoms with E-state index in [9.17, 15) is 14.7 Å². The van der Waals surface area contributed by atoms with Crippen molar-refractivity contribution in [2.24, 2.45) is 17.8 Å². The summed E-state index contributed by atoms with van der Waals surface area (Å²) in [6.07, 6.45) is 8.32. The molecule has 1 aliphatic heterocycles. The van der Waals surface area contributed by atoms with Gasteiger partial charge in [-0.25, -0.2) is 0 Å². The summed E-state index contributed by atoms with van der Waals surface area (Å²) in [4.78, 5) is 28.1.